The predicted octanol–water partition coefficient (Wildman–Crippen LogP) is 5.52. The third-order valence-electron chi connectivity index (χ3n) is 5.10. The lowest BCUT2D eigenvalue weighted by molar-refractivity contribution is 0.0949. The maximum atomic E-state index is 13.3. The van der Waals surface area contributed by atoms with Crippen molar-refractivity contribution < 1.29 is 13.9 Å². The molecule has 33 heavy (non-hydrogen) atoms. The largest absolute Gasteiger partial charge is 0.487 e. The molecule has 170 valence electrons. The smallest absolute Gasteiger partial charge is 0.268 e. The van der Waals surface area contributed by atoms with Crippen molar-refractivity contribution in [3.63, 3.8) is 0 Å². The van der Waals surface area contributed by atoms with Crippen LogP contribution in [0.3, 0.4) is 0 Å². The molecule has 1 amide bonds. The monoisotopic (exact) mass is 467 g/mol. The Kier molecular flexibility index (Phi) is 6.74. The fourth-order valence-electron chi connectivity index (χ4n) is 3.48. The number of carbonyl (C=O) groups excluding carboxylic acids is 1. The van der Waals surface area contributed by atoms with Crippen LogP contribution >= 0.6 is 11.6 Å². The number of anilines is 2. The van der Waals surface area contributed by atoms with Gasteiger partial charge in [0.05, 0.1) is 16.7 Å². The van der Waals surface area contributed by atoms with Crippen molar-refractivity contribution in [1.82, 2.24) is 20.5 Å². The van der Waals surface area contributed by atoms with Crippen LogP contribution in [0.5, 0.6) is 5.75 Å². The maximum Gasteiger partial charge on any atom is 0.268 e. The molecule has 0 aliphatic heterocycles. The molecule has 4 rings (SSSR count). The molecular formula is C24H23ClFN5O2. The van der Waals surface area contributed by atoms with Gasteiger partial charge < -0.3 is 20.4 Å². The van der Waals surface area contributed by atoms with Gasteiger partial charge in [-0.25, -0.2) is 4.39 Å². The Balaban J connectivity index is 1.54. The summed E-state index contributed by atoms with van der Waals surface area (Å²) in [6.45, 7) is 4.65. The molecule has 0 unspecified atom stereocenters. The van der Waals surface area contributed by atoms with Gasteiger partial charge in [-0.3, -0.25) is 4.79 Å². The molecule has 0 aliphatic carbocycles. The Morgan fingerprint density at radius 3 is 2.85 bits per heavy atom. The minimum Gasteiger partial charge on any atom is -0.487 e. The number of aromatic amines is 1. The minimum atomic E-state index is -0.317. The first-order chi connectivity index (χ1) is 16.0. The van der Waals surface area contributed by atoms with Gasteiger partial charge >= 0.3 is 0 Å². The predicted molar refractivity (Wildman–Crippen MR) is 127 cm³/mol. The number of benzene rings is 2. The normalized spacial score (nSPS) is 10.9. The number of carbonyl (C=O) groups is 1. The van der Waals surface area contributed by atoms with Crippen LogP contribution in [0.4, 0.5) is 15.9 Å². The molecule has 0 saturated carbocycles. The van der Waals surface area contributed by atoms with Gasteiger partial charge in [0.2, 0.25) is 0 Å². The number of nitrogens with one attached hydrogen (secondary N) is 3. The molecule has 0 saturated heterocycles. The van der Waals surface area contributed by atoms with E-state index in [-0.39, 0.29) is 18.3 Å². The molecule has 7 nitrogen and oxygen atoms in total. The third-order valence-corrected chi connectivity index (χ3v) is 5.40. The maximum absolute atomic E-state index is 13.3. The molecule has 0 bridgehead atoms. The summed E-state index contributed by atoms with van der Waals surface area (Å²) in [5.74, 6) is 0.492. The second-order valence-electron chi connectivity index (χ2n) is 7.55. The number of aryl methyl sites for hydroxylation is 1. The summed E-state index contributed by atoms with van der Waals surface area (Å²) in [5, 5.41) is 15.5. The Morgan fingerprint density at radius 1 is 1.24 bits per heavy atom. The fraction of sp³-hybridized carbons (Fsp3) is 0.208. The molecule has 3 N–H and O–H groups in total. The van der Waals surface area contributed by atoms with Crippen LogP contribution in [-0.4, -0.2) is 27.6 Å². The molecule has 9 heteroatoms. The van der Waals surface area contributed by atoms with Crippen LogP contribution in [0.2, 0.25) is 5.02 Å². The molecule has 2 aromatic carbocycles. The SMILES string of the molecule is CCCNC(=O)c1[nH]c2cnnc(Nc3ccc(OCc4cccc(F)c4)c(Cl)c3)c2c1C. The lowest BCUT2D eigenvalue weighted by atomic mass is 10.1. The number of fused-ring (bicyclic) bond motifs is 1. The van der Waals surface area contributed by atoms with Crippen molar-refractivity contribution >= 4 is 39.9 Å². The summed E-state index contributed by atoms with van der Waals surface area (Å²) in [6.07, 6.45) is 2.43. The molecule has 0 atom stereocenters. The van der Waals surface area contributed by atoms with E-state index in [4.69, 9.17) is 16.3 Å². The van der Waals surface area contributed by atoms with E-state index in [1.165, 1.54) is 12.1 Å². The quantitative estimate of drug-likeness (QED) is 0.317. The minimum absolute atomic E-state index is 0.167. The van der Waals surface area contributed by atoms with Crippen molar-refractivity contribution in [2.45, 2.75) is 26.9 Å². The van der Waals surface area contributed by atoms with Crippen LogP contribution in [-0.2, 0) is 6.61 Å². The van der Waals surface area contributed by atoms with E-state index in [1.807, 2.05) is 13.8 Å². The summed E-state index contributed by atoms with van der Waals surface area (Å²) < 4.78 is 19.1. The number of ether oxygens (including phenoxy) is 1. The molecule has 0 spiro atoms. The zero-order valence-electron chi connectivity index (χ0n) is 18.2. The summed E-state index contributed by atoms with van der Waals surface area (Å²) in [4.78, 5) is 15.6. The lowest BCUT2D eigenvalue weighted by Gasteiger charge is -2.11. The standard InChI is InChI=1S/C24H23ClFN5O2/c1-3-9-27-24(32)22-14(2)21-19(30-22)12-28-31-23(21)29-17-7-8-20(18(25)11-17)33-13-15-5-4-6-16(26)10-15/h4-8,10-12,30H,3,9,13H2,1-2H3,(H,27,32)(H,29,31). The summed E-state index contributed by atoms with van der Waals surface area (Å²) in [7, 11) is 0. The molecular weight excluding hydrogens is 445 g/mol. The zero-order chi connectivity index (χ0) is 23.4. The third kappa shape index (κ3) is 5.06. The van der Waals surface area contributed by atoms with Crippen molar-refractivity contribution in [1.29, 1.82) is 0 Å². The number of aromatic nitrogens is 3. The summed E-state index contributed by atoms with van der Waals surface area (Å²) in [6, 6.07) is 11.4. The topological polar surface area (TPSA) is 91.9 Å². The van der Waals surface area contributed by atoms with Crippen molar-refractivity contribution in [3.8, 4) is 5.75 Å². The first-order valence-electron chi connectivity index (χ1n) is 10.5. The number of nitrogens with zero attached hydrogens (tertiary/aromatic N) is 2. The number of H-pyrrole nitrogens is 1. The number of rotatable bonds is 8. The van der Waals surface area contributed by atoms with Gasteiger partial charge in [-0.15, -0.1) is 5.10 Å². The molecule has 4 aromatic rings. The van der Waals surface area contributed by atoms with E-state index in [0.717, 1.165) is 17.4 Å². The Labute approximate surface area is 195 Å². The van der Waals surface area contributed by atoms with E-state index in [2.05, 4.69) is 25.8 Å². The van der Waals surface area contributed by atoms with Crippen LogP contribution in [0.1, 0.15) is 35.0 Å². The Bertz CT molecular complexity index is 1310. The van der Waals surface area contributed by atoms with Crippen molar-refractivity contribution in [2.75, 3.05) is 11.9 Å². The summed E-state index contributed by atoms with van der Waals surface area (Å²) in [5.41, 5.74) is 3.34. The van der Waals surface area contributed by atoms with E-state index in [9.17, 15) is 9.18 Å². The van der Waals surface area contributed by atoms with Gasteiger partial charge in [-0.1, -0.05) is 30.7 Å². The average molecular weight is 468 g/mol. The molecule has 2 heterocycles. The van der Waals surface area contributed by atoms with Crippen LogP contribution in [0, 0.1) is 12.7 Å². The van der Waals surface area contributed by atoms with E-state index in [1.54, 1.807) is 36.5 Å². The van der Waals surface area contributed by atoms with Gasteiger partial charge in [-0.2, -0.15) is 5.10 Å². The number of halogens is 2. The van der Waals surface area contributed by atoms with Crippen molar-refractivity contribution in [3.05, 3.63) is 76.3 Å². The molecule has 0 radical (unpaired) electrons. The summed E-state index contributed by atoms with van der Waals surface area (Å²) >= 11 is 6.40. The van der Waals surface area contributed by atoms with Gasteiger partial charge in [-0.05, 0) is 54.8 Å². The highest BCUT2D eigenvalue weighted by atomic mass is 35.5. The number of hydrogen-bond donors (Lipinski definition) is 3. The van der Waals surface area contributed by atoms with Gasteiger partial charge in [0.25, 0.3) is 5.91 Å². The number of hydrogen-bond acceptors (Lipinski definition) is 5. The first-order valence-corrected chi connectivity index (χ1v) is 10.9. The van der Waals surface area contributed by atoms with Crippen LogP contribution in [0.25, 0.3) is 10.9 Å². The lowest BCUT2D eigenvalue weighted by Crippen LogP contribution is -2.24. The van der Waals surface area contributed by atoms with Gasteiger partial charge in [0, 0.05) is 17.6 Å². The van der Waals surface area contributed by atoms with Gasteiger partial charge in [0.1, 0.15) is 23.9 Å². The van der Waals surface area contributed by atoms with Crippen LogP contribution < -0.4 is 15.4 Å². The highest BCUT2D eigenvalue weighted by Crippen LogP contribution is 2.32. The second-order valence-corrected chi connectivity index (χ2v) is 7.96. The fourth-order valence-corrected chi connectivity index (χ4v) is 3.71. The van der Waals surface area contributed by atoms with E-state index >= 15 is 0 Å². The second kappa shape index (κ2) is 9.87. The van der Waals surface area contributed by atoms with Gasteiger partial charge in [0.15, 0.2) is 5.82 Å². The number of amides is 1. The highest BCUT2D eigenvalue weighted by molar-refractivity contribution is 6.32. The zero-order valence-corrected chi connectivity index (χ0v) is 19.0. The van der Waals surface area contributed by atoms with E-state index in [0.29, 0.717) is 45.6 Å². The van der Waals surface area contributed by atoms with E-state index < -0.39 is 0 Å². The highest BCUT2D eigenvalue weighted by Gasteiger charge is 2.18. The Morgan fingerprint density at radius 2 is 2.09 bits per heavy atom. The van der Waals surface area contributed by atoms with Crippen molar-refractivity contribution in [2.24, 2.45) is 0 Å². The first kappa shape index (κ1) is 22.5. The molecule has 0 aliphatic rings. The average Bonchev–Trinajstić information content (AvgIpc) is 3.14. The molecule has 0 fully saturated rings. The Hall–Kier alpha value is -3.65. The molecule has 2 aromatic heterocycles. The van der Waals surface area contributed by atoms with Crippen LogP contribution in [0.15, 0.2) is 48.7 Å².